The molecule has 1 aliphatic rings. The third-order valence-corrected chi connectivity index (χ3v) is 4.85. The number of nitrogens with one attached hydrogen (secondary N) is 1. The molecule has 0 amide bonds. The van der Waals surface area contributed by atoms with E-state index < -0.39 is 0 Å². The number of hydrogen-bond donors (Lipinski definition) is 1. The standard InChI is InChI=1S/C18H29FN2/c1-5-11-20-14(3)16-9-6-10-17(19)18(16)21-12-7-8-13(2)15(21)4/h6,9-10,13-15,20H,5,7-8,11-12H2,1-4H3. The first-order valence-electron chi connectivity index (χ1n) is 8.34. The summed E-state index contributed by atoms with van der Waals surface area (Å²) in [5.74, 6) is 0.531. The van der Waals surface area contributed by atoms with Crippen molar-refractivity contribution < 1.29 is 4.39 Å². The molecule has 0 bridgehead atoms. The summed E-state index contributed by atoms with van der Waals surface area (Å²) >= 11 is 0. The van der Waals surface area contributed by atoms with E-state index in [9.17, 15) is 4.39 Å². The van der Waals surface area contributed by atoms with Crippen LogP contribution >= 0.6 is 0 Å². The lowest BCUT2D eigenvalue weighted by Crippen LogP contribution is -2.43. The van der Waals surface area contributed by atoms with Crippen molar-refractivity contribution in [2.24, 2.45) is 5.92 Å². The fraction of sp³-hybridized carbons (Fsp3) is 0.667. The Hall–Kier alpha value is -1.09. The molecule has 3 heteroatoms. The first-order chi connectivity index (χ1) is 10.1. The summed E-state index contributed by atoms with van der Waals surface area (Å²) in [4.78, 5) is 2.28. The highest BCUT2D eigenvalue weighted by Gasteiger charge is 2.29. The largest absolute Gasteiger partial charge is 0.366 e. The van der Waals surface area contributed by atoms with Crippen LogP contribution in [0, 0.1) is 11.7 Å². The molecule has 1 aromatic carbocycles. The molecule has 1 aliphatic heterocycles. The molecule has 1 N–H and O–H groups in total. The molecule has 1 aromatic rings. The number of rotatable bonds is 5. The van der Waals surface area contributed by atoms with Gasteiger partial charge in [0.2, 0.25) is 0 Å². The van der Waals surface area contributed by atoms with Crippen molar-refractivity contribution in [2.45, 2.75) is 59.0 Å². The van der Waals surface area contributed by atoms with Crippen LogP contribution in [-0.2, 0) is 0 Å². The quantitative estimate of drug-likeness (QED) is 0.859. The maximum Gasteiger partial charge on any atom is 0.146 e. The minimum Gasteiger partial charge on any atom is -0.366 e. The third kappa shape index (κ3) is 3.57. The van der Waals surface area contributed by atoms with E-state index in [1.54, 1.807) is 6.07 Å². The van der Waals surface area contributed by atoms with Gasteiger partial charge in [-0.3, -0.25) is 0 Å². The first kappa shape index (κ1) is 16.3. The van der Waals surface area contributed by atoms with E-state index in [0.717, 1.165) is 37.2 Å². The van der Waals surface area contributed by atoms with Gasteiger partial charge in [0.1, 0.15) is 5.82 Å². The molecule has 0 aliphatic carbocycles. The zero-order valence-corrected chi connectivity index (χ0v) is 13.8. The molecule has 1 fully saturated rings. The average molecular weight is 292 g/mol. The van der Waals surface area contributed by atoms with E-state index >= 15 is 0 Å². The van der Waals surface area contributed by atoms with Gasteiger partial charge in [0, 0.05) is 18.6 Å². The van der Waals surface area contributed by atoms with Crippen molar-refractivity contribution in [1.82, 2.24) is 5.32 Å². The first-order valence-corrected chi connectivity index (χ1v) is 8.34. The number of para-hydroxylation sites is 1. The topological polar surface area (TPSA) is 15.3 Å². The zero-order chi connectivity index (χ0) is 15.4. The monoisotopic (exact) mass is 292 g/mol. The van der Waals surface area contributed by atoms with Crippen molar-refractivity contribution in [3.63, 3.8) is 0 Å². The van der Waals surface area contributed by atoms with Crippen LogP contribution in [-0.4, -0.2) is 19.1 Å². The van der Waals surface area contributed by atoms with E-state index in [2.05, 4.69) is 44.0 Å². The highest BCUT2D eigenvalue weighted by atomic mass is 19.1. The molecule has 1 heterocycles. The van der Waals surface area contributed by atoms with Crippen molar-refractivity contribution >= 4 is 5.69 Å². The summed E-state index contributed by atoms with van der Waals surface area (Å²) in [6.45, 7) is 10.7. The van der Waals surface area contributed by atoms with Crippen molar-refractivity contribution in [3.8, 4) is 0 Å². The second-order valence-corrected chi connectivity index (χ2v) is 6.41. The van der Waals surface area contributed by atoms with E-state index in [1.165, 1.54) is 6.42 Å². The van der Waals surface area contributed by atoms with Gasteiger partial charge < -0.3 is 10.2 Å². The lowest BCUT2D eigenvalue weighted by molar-refractivity contribution is 0.359. The third-order valence-electron chi connectivity index (χ3n) is 4.85. The molecular formula is C18H29FN2. The van der Waals surface area contributed by atoms with Crippen LogP contribution in [0.2, 0.25) is 0 Å². The average Bonchev–Trinajstić information content (AvgIpc) is 2.48. The predicted octanol–water partition coefficient (Wildman–Crippen LogP) is 4.51. The molecule has 2 nitrogen and oxygen atoms in total. The van der Waals surface area contributed by atoms with Crippen LogP contribution in [0.3, 0.4) is 0 Å². The molecule has 118 valence electrons. The van der Waals surface area contributed by atoms with Crippen LogP contribution in [0.15, 0.2) is 18.2 Å². The van der Waals surface area contributed by atoms with Gasteiger partial charge in [-0.15, -0.1) is 0 Å². The normalized spacial score (nSPS) is 24.1. The van der Waals surface area contributed by atoms with Crippen molar-refractivity contribution in [1.29, 1.82) is 0 Å². The van der Waals surface area contributed by atoms with Gasteiger partial charge in [-0.2, -0.15) is 0 Å². The van der Waals surface area contributed by atoms with E-state index in [0.29, 0.717) is 12.0 Å². The maximum absolute atomic E-state index is 14.5. The minimum atomic E-state index is -0.0846. The van der Waals surface area contributed by atoms with Crippen LogP contribution in [0.4, 0.5) is 10.1 Å². The molecule has 1 saturated heterocycles. The second-order valence-electron chi connectivity index (χ2n) is 6.41. The second kappa shape index (κ2) is 7.26. The smallest absolute Gasteiger partial charge is 0.146 e. The summed E-state index contributed by atoms with van der Waals surface area (Å²) < 4.78 is 14.5. The Morgan fingerprint density at radius 1 is 1.38 bits per heavy atom. The number of hydrogen-bond acceptors (Lipinski definition) is 2. The fourth-order valence-electron chi connectivity index (χ4n) is 3.31. The van der Waals surface area contributed by atoms with Gasteiger partial charge >= 0.3 is 0 Å². The zero-order valence-electron chi connectivity index (χ0n) is 13.8. The lowest BCUT2D eigenvalue weighted by Gasteiger charge is -2.41. The van der Waals surface area contributed by atoms with Gasteiger partial charge in [-0.25, -0.2) is 4.39 Å². The SMILES string of the molecule is CCCNC(C)c1cccc(F)c1N1CCCC(C)C1C. The molecule has 0 radical (unpaired) electrons. The summed E-state index contributed by atoms with van der Waals surface area (Å²) in [6, 6.07) is 6.07. The minimum absolute atomic E-state index is 0.0846. The van der Waals surface area contributed by atoms with Gasteiger partial charge in [0.15, 0.2) is 0 Å². The van der Waals surface area contributed by atoms with Gasteiger partial charge in [0.05, 0.1) is 5.69 Å². The van der Waals surface area contributed by atoms with Gasteiger partial charge in [-0.1, -0.05) is 26.0 Å². The molecule has 3 unspecified atom stereocenters. The van der Waals surface area contributed by atoms with E-state index in [4.69, 9.17) is 0 Å². The number of halogens is 1. The highest BCUT2D eigenvalue weighted by Crippen LogP contribution is 2.35. The predicted molar refractivity (Wildman–Crippen MR) is 88.3 cm³/mol. The molecule has 0 saturated carbocycles. The summed E-state index contributed by atoms with van der Waals surface area (Å²) in [7, 11) is 0. The number of piperidine rings is 1. The molecule has 0 spiro atoms. The number of anilines is 1. The molecule has 21 heavy (non-hydrogen) atoms. The molecule has 2 rings (SSSR count). The van der Waals surface area contributed by atoms with Crippen LogP contribution in [0.5, 0.6) is 0 Å². The lowest BCUT2D eigenvalue weighted by atomic mass is 9.90. The number of nitrogens with zero attached hydrogens (tertiary/aromatic N) is 1. The summed E-state index contributed by atoms with van der Waals surface area (Å²) in [5, 5.41) is 3.49. The van der Waals surface area contributed by atoms with Crippen LogP contribution in [0.1, 0.15) is 58.6 Å². The maximum atomic E-state index is 14.5. The summed E-state index contributed by atoms with van der Waals surface area (Å²) in [6.07, 6.45) is 3.48. The Balaban J connectivity index is 2.33. The van der Waals surface area contributed by atoms with Crippen LogP contribution < -0.4 is 10.2 Å². The van der Waals surface area contributed by atoms with Crippen LogP contribution in [0.25, 0.3) is 0 Å². The number of benzene rings is 1. The van der Waals surface area contributed by atoms with Crippen molar-refractivity contribution in [3.05, 3.63) is 29.6 Å². The Morgan fingerprint density at radius 2 is 2.14 bits per heavy atom. The van der Waals surface area contributed by atoms with Crippen molar-refractivity contribution in [2.75, 3.05) is 18.0 Å². The Labute approximate surface area is 128 Å². The van der Waals surface area contributed by atoms with E-state index in [-0.39, 0.29) is 11.9 Å². The molecular weight excluding hydrogens is 263 g/mol. The summed E-state index contributed by atoms with van der Waals surface area (Å²) in [5.41, 5.74) is 1.90. The van der Waals surface area contributed by atoms with Gasteiger partial charge in [-0.05, 0) is 57.2 Å². The highest BCUT2D eigenvalue weighted by molar-refractivity contribution is 5.57. The fourth-order valence-corrected chi connectivity index (χ4v) is 3.31. The Morgan fingerprint density at radius 3 is 2.86 bits per heavy atom. The molecule has 3 atom stereocenters. The Bertz CT molecular complexity index is 461. The molecule has 0 aromatic heterocycles. The Kier molecular flexibility index (Phi) is 5.63. The van der Waals surface area contributed by atoms with E-state index in [1.807, 2.05) is 6.07 Å². The van der Waals surface area contributed by atoms with Gasteiger partial charge in [0.25, 0.3) is 0 Å².